The van der Waals surface area contributed by atoms with E-state index in [1.165, 1.54) is 0 Å². The van der Waals surface area contributed by atoms with Gasteiger partial charge in [-0.2, -0.15) is 0 Å². The molecule has 1 rings (SSSR count). The molecule has 4 nitrogen and oxygen atoms in total. The summed E-state index contributed by atoms with van der Waals surface area (Å²) < 4.78 is 5.37. The molecule has 0 heterocycles. The number of rotatable bonds is 6. The van der Waals surface area contributed by atoms with E-state index >= 15 is 0 Å². The molecule has 3 N–H and O–H groups in total. The maximum Gasteiger partial charge on any atom is 0.127 e. The monoisotopic (exact) mass is 253 g/mol. The first kappa shape index (κ1) is 15.0. The number of methoxy groups -OCH3 is 1. The van der Waals surface area contributed by atoms with Crippen molar-refractivity contribution in [1.82, 2.24) is 5.32 Å². The predicted molar refractivity (Wildman–Crippen MR) is 72.0 cm³/mol. The molecule has 0 aromatic heterocycles. The molecule has 4 heteroatoms. The highest BCUT2D eigenvalue weighted by atomic mass is 16.5. The van der Waals surface area contributed by atoms with Crippen LogP contribution in [0.5, 0.6) is 5.75 Å². The van der Waals surface area contributed by atoms with E-state index in [1.54, 1.807) is 7.11 Å². The Kier molecular flexibility index (Phi) is 5.59. The SMILES string of the molecule is COc1c(C)cc(C)cc1C(O)C(C)NCCO. The second kappa shape index (κ2) is 6.73. The van der Waals surface area contributed by atoms with Gasteiger partial charge in [-0.15, -0.1) is 0 Å². The Labute approximate surface area is 109 Å². The van der Waals surface area contributed by atoms with Crippen molar-refractivity contribution in [2.45, 2.75) is 32.9 Å². The molecule has 2 unspecified atom stereocenters. The van der Waals surface area contributed by atoms with Gasteiger partial charge in [0, 0.05) is 18.2 Å². The molecule has 0 fully saturated rings. The van der Waals surface area contributed by atoms with Gasteiger partial charge in [0.25, 0.3) is 0 Å². The zero-order chi connectivity index (χ0) is 13.7. The summed E-state index contributed by atoms with van der Waals surface area (Å²) in [4.78, 5) is 0. The van der Waals surface area contributed by atoms with Gasteiger partial charge in [0.2, 0.25) is 0 Å². The van der Waals surface area contributed by atoms with Crippen molar-refractivity contribution in [2.24, 2.45) is 0 Å². The number of aliphatic hydroxyl groups excluding tert-OH is 2. The molecule has 2 atom stereocenters. The fourth-order valence-electron chi connectivity index (χ4n) is 2.16. The van der Waals surface area contributed by atoms with Gasteiger partial charge in [0.15, 0.2) is 0 Å². The predicted octanol–water partition coefficient (Wildman–Crippen LogP) is 1.32. The Hall–Kier alpha value is -1.10. The Morgan fingerprint density at radius 2 is 2.00 bits per heavy atom. The van der Waals surface area contributed by atoms with Crippen LogP contribution in [0.15, 0.2) is 12.1 Å². The summed E-state index contributed by atoms with van der Waals surface area (Å²) in [5, 5.41) is 22.2. The van der Waals surface area contributed by atoms with Crippen LogP contribution in [0.4, 0.5) is 0 Å². The lowest BCUT2D eigenvalue weighted by Gasteiger charge is -2.23. The van der Waals surface area contributed by atoms with Gasteiger partial charge in [0.05, 0.1) is 19.8 Å². The van der Waals surface area contributed by atoms with Crippen LogP contribution in [-0.4, -0.2) is 36.5 Å². The maximum atomic E-state index is 10.4. The highest BCUT2D eigenvalue weighted by molar-refractivity contribution is 5.45. The molecule has 0 aliphatic rings. The fourth-order valence-corrected chi connectivity index (χ4v) is 2.16. The third kappa shape index (κ3) is 3.45. The minimum Gasteiger partial charge on any atom is -0.496 e. The van der Waals surface area contributed by atoms with E-state index in [9.17, 15) is 5.11 Å². The number of benzene rings is 1. The Morgan fingerprint density at radius 3 is 2.56 bits per heavy atom. The zero-order valence-corrected chi connectivity index (χ0v) is 11.5. The molecule has 0 spiro atoms. The molecule has 1 aromatic carbocycles. The molecule has 0 saturated heterocycles. The van der Waals surface area contributed by atoms with Gasteiger partial charge in [0.1, 0.15) is 5.75 Å². The van der Waals surface area contributed by atoms with Crippen molar-refractivity contribution in [1.29, 1.82) is 0 Å². The molecule has 18 heavy (non-hydrogen) atoms. The molecule has 0 amide bonds. The minimum atomic E-state index is -0.662. The van der Waals surface area contributed by atoms with Crippen LogP contribution in [0.2, 0.25) is 0 Å². The summed E-state index contributed by atoms with van der Waals surface area (Å²) >= 11 is 0. The number of aryl methyl sites for hydroxylation is 2. The molecule has 0 aliphatic carbocycles. The third-order valence-corrected chi connectivity index (χ3v) is 3.02. The van der Waals surface area contributed by atoms with Crippen molar-refractivity contribution >= 4 is 0 Å². The quantitative estimate of drug-likeness (QED) is 0.715. The number of aliphatic hydroxyl groups is 2. The lowest BCUT2D eigenvalue weighted by Crippen LogP contribution is -2.34. The summed E-state index contributed by atoms with van der Waals surface area (Å²) in [6, 6.07) is 3.82. The molecule has 0 saturated carbocycles. The number of nitrogens with one attached hydrogen (secondary N) is 1. The van der Waals surface area contributed by atoms with Gasteiger partial charge in [-0.05, 0) is 32.4 Å². The highest BCUT2D eigenvalue weighted by Gasteiger charge is 2.21. The van der Waals surface area contributed by atoms with E-state index in [4.69, 9.17) is 9.84 Å². The van der Waals surface area contributed by atoms with Gasteiger partial charge >= 0.3 is 0 Å². The summed E-state index contributed by atoms with van der Waals surface area (Å²) in [6.45, 7) is 6.37. The molecule has 1 aromatic rings. The van der Waals surface area contributed by atoms with Gasteiger partial charge in [-0.1, -0.05) is 11.6 Å². The minimum absolute atomic E-state index is 0.0566. The number of hydrogen-bond acceptors (Lipinski definition) is 4. The summed E-state index contributed by atoms with van der Waals surface area (Å²) in [5.74, 6) is 0.728. The van der Waals surface area contributed by atoms with Crippen LogP contribution >= 0.6 is 0 Å². The van der Waals surface area contributed by atoms with Gasteiger partial charge in [-0.3, -0.25) is 0 Å². The van der Waals surface area contributed by atoms with E-state index in [-0.39, 0.29) is 12.6 Å². The molecule has 0 bridgehead atoms. The maximum absolute atomic E-state index is 10.4. The molecular weight excluding hydrogens is 230 g/mol. The summed E-state index contributed by atoms with van der Waals surface area (Å²) in [6.07, 6.45) is -0.662. The Balaban J connectivity index is 3.00. The lowest BCUT2D eigenvalue weighted by molar-refractivity contribution is 0.129. The first-order chi connectivity index (χ1) is 8.51. The second-order valence-corrected chi connectivity index (χ2v) is 4.62. The number of hydrogen-bond donors (Lipinski definition) is 3. The summed E-state index contributed by atoms with van der Waals surface area (Å²) in [7, 11) is 1.61. The van der Waals surface area contributed by atoms with Crippen LogP contribution in [-0.2, 0) is 0 Å². The van der Waals surface area contributed by atoms with E-state index in [0.29, 0.717) is 6.54 Å². The Bertz CT molecular complexity index is 393. The summed E-state index contributed by atoms with van der Waals surface area (Å²) in [5.41, 5.74) is 2.89. The van der Waals surface area contributed by atoms with Crippen LogP contribution in [0.3, 0.4) is 0 Å². The van der Waals surface area contributed by atoms with Crippen molar-refractivity contribution in [2.75, 3.05) is 20.3 Å². The lowest BCUT2D eigenvalue weighted by atomic mass is 9.97. The first-order valence-corrected chi connectivity index (χ1v) is 6.18. The van der Waals surface area contributed by atoms with E-state index in [1.807, 2.05) is 32.9 Å². The van der Waals surface area contributed by atoms with Gasteiger partial charge in [-0.25, -0.2) is 0 Å². The van der Waals surface area contributed by atoms with Crippen LogP contribution in [0, 0.1) is 13.8 Å². The topological polar surface area (TPSA) is 61.7 Å². The zero-order valence-electron chi connectivity index (χ0n) is 11.5. The molecule has 0 radical (unpaired) electrons. The van der Waals surface area contributed by atoms with E-state index < -0.39 is 6.10 Å². The first-order valence-electron chi connectivity index (χ1n) is 6.18. The average Bonchev–Trinajstić information content (AvgIpc) is 2.34. The standard InChI is InChI=1S/C14H23NO3/c1-9-7-10(2)14(18-4)12(8-9)13(17)11(3)15-5-6-16/h7-8,11,13,15-17H,5-6H2,1-4H3. The Morgan fingerprint density at radius 1 is 1.33 bits per heavy atom. The van der Waals surface area contributed by atoms with Crippen LogP contribution < -0.4 is 10.1 Å². The molecular formula is C14H23NO3. The van der Waals surface area contributed by atoms with Crippen molar-refractivity contribution < 1.29 is 14.9 Å². The van der Waals surface area contributed by atoms with Crippen molar-refractivity contribution in [3.05, 3.63) is 28.8 Å². The van der Waals surface area contributed by atoms with Crippen LogP contribution in [0.25, 0.3) is 0 Å². The van der Waals surface area contributed by atoms with E-state index in [0.717, 1.165) is 22.4 Å². The fraction of sp³-hybridized carbons (Fsp3) is 0.571. The normalized spacial score (nSPS) is 14.3. The largest absolute Gasteiger partial charge is 0.496 e. The van der Waals surface area contributed by atoms with Crippen LogP contribution in [0.1, 0.15) is 29.7 Å². The molecule has 102 valence electrons. The van der Waals surface area contributed by atoms with Gasteiger partial charge < -0.3 is 20.3 Å². The highest BCUT2D eigenvalue weighted by Crippen LogP contribution is 2.31. The van der Waals surface area contributed by atoms with E-state index in [2.05, 4.69) is 5.32 Å². The average molecular weight is 253 g/mol. The second-order valence-electron chi connectivity index (χ2n) is 4.62. The third-order valence-electron chi connectivity index (χ3n) is 3.02. The molecule has 0 aliphatic heterocycles. The van der Waals surface area contributed by atoms with Crippen molar-refractivity contribution in [3.63, 3.8) is 0 Å². The smallest absolute Gasteiger partial charge is 0.127 e. The number of ether oxygens (including phenoxy) is 1. The van der Waals surface area contributed by atoms with Crippen molar-refractivity contribution in [3.8, 4) is 5.75 Å².